The molecule has 7 heteroatoms. The molecule has 0 radical (unpaired) electrons. The van der Waals surface area contributed by atoms with E-state index in [2.05, 4.69) is 18.0 Å². The zero-order valence-electron chi connectivity index (χ0n) is 17.5. The summed E-state index contributed by atoms with van der Waals surface area (Å²) in [6.07, 6.45) is 1.97. The largest absolute Gasteiger partial charge is 0.302 e. The molecule has 0 saturated carbocycles. The molecule has 0 spiro atoms. The Bertz CT molecular complexity index is 1200. The third kappa shape index (κ3) is 4.04. The van der Waals surface area contributed by atoms with E-state index in [4.69, 9.17) is 0 Å². The maximum absolute atomic E-state index is 13.7. The molecule has 0 bridgehead atoms. The molecule has 0 fully saturated rings. The fourth-order valence-corrected chi connectivity index (χ4v) is 5.83. The van der Waals surface area contributed by atoms with E-state index >= 15 is 0 Å². The number of ketones is 1. The lowest BCUT2D eigenvalue weighted by Crippen LogP contribution is -2.17. The lowest BCUT2D eigenvalue weighted by Gasteiger charge is -2.13. The summed E-state index contributed by atoms with van der Waals surface area (Å²) in [6.45, 7) is 5.26. The minimum atomic E-state index is -3.74. The van der Waals surface area contributed by atoms with Crippen LogP contribution in [0.2, 0.25) is 0 Å². The maximum Gasteiger partial charge on any atom is 0.268 e. The molecule has 1 aromatic heterocycles. The van der Waals surface area contributed by atoms with Gasteiger partial charge in [-0.3, -0.25) is 4.79 Å². The predicted octanol–water partition coefficient (Wildman–Crippen LogP) is 4.12. The Hall–Kier alpha value is -2.15. The van der Waals surface area contributed by atoms with Crippen molar-refractivity contribution < 1.29 is 13.2 Å². The van der Waals surface area contributed by atoms with Gasteiger partial charge in [-0.25, -0.2) is 12.4 Å². The number of rotatable bonds is 4. The number of aryl methyl sites for hydroxylation is 1. The minimum absolute atomic E-state index is 0. The summed E-state index contributed by atoms with van der Waals surface area (Å²) in [7, 11) is -1.66. The highest BCUT2D eigenvalue weighted by Gasteiger charge is 2.28. The van der Waals surface area contributed by atoms with Crippen molar-refractivity contribution in [1.29, 1.82) is 0 Å². The third-order valence-electron chi connectivity index (χ3n) is 5.59. The molecule has 2 heterocycles. The van der Waals surface area contributed by atoms with Crippen LogP contribution in [0.1, 0.15) is 35.7 Å². The summed E-state index contributed by atoms with van der Waals surface area (Å²) in [6, 6.07) is 12.7. The monoisotopic (exact) mass is 446 g/mol. The number of nitrogens with zero attached hydrogens (tertiary/aromatic N) is 2. The van der Waals surface area contributed by atoms with E-state index in [1.807, 2.05) is 19.1 Å². The van der Waals surface area contributed by atoms with Gasteiger partial charge in [0.25, 0.3) is 10.0 Å². The van der Waals surface area contributed by atoms with E-state index in [0.717, 1.165) is 59.2 Å². The van der Waals surface area contributed by atoms with Crippen molar-refractivity contribution in [3.05, 3.63) is 64.8 Å². The first kappa shape index (κ1) is 22.5. The van der Waals surface area contributed by atoms with Gasteiger partial charge in [0.15, 0.2) is 0 Å². The van der Waals surface area contributed by atoms with Gasteiger partial charge in [0.1, 0.15) is 5.78 Å². The normalized spacial score (nSPS) is 14.8. The SMILES string of the molecule is CC(=O)Cc1ccc(S(=O)(=O)n2c3c(c4cc(C)ccc42)CN(C)CCC3)cc1.Cl. The zero-order valence-corrected chi connectivity index (χ0v) is 19.1. The van der Waals surface area contributed by atoms with Crippen molar-refractivity contribution in [2.45, 2.75) is 44.6 Å². The molecule has 30 heavy (non-hydrogen) atoms. The van der Waals surface area contributed by atoms with Crippen molar-refractivity contribution in [2.24, 2.45) is 0 Å². The highest BCUT2D eigenvalue weighted by Crippen LogP contribution is 2.34. The van der Waals surface area contributed by atoms with Crippen LogP contribution in [0.3, 0.4) is 0 Å². The van der Waals surface area contributed by atoms with Gasteiger partial charge < -0.3 is 4.90 Å². The molecule has 0 aliphatic carbocycles. The average Bonchev–Trinajstić information content (AvgIpc) is 2.82. The number of hydrogen-bond donors (Lipinski definition) is 0. The molecule has 160 valence electrons. The number of hydrogen-bond acceptors (Lipinski definition) is 4. The van der Waals surface area contributed by atoms with Gasteiger partial charge in [-0.1, -0.05) is 23.8 Å². The Kier molecular flexibility index (Phi) is 6.41. The first-order valence-electron chi connectivity index (χ1n) is 9.92. The van der Waals surface area contributed by atoms with Crippen LogP contribution < -0.4 is 0 Å². The first-order valence-corrected chi connectivity index (χ1v) is 11.4. The molecule has 0 amide bonds. The molecule has 0 saturated heterocycles. The van der Waals surface area contributed by atoms with Gasteiger partial charge >= 0.3 is 0 Å². The summed E-state index contributed by atoms with van der Waals surface area (Å²) in [5.74, 6) is 0.0572. The van der Waals surface area contributed by atoms with E-state index in [-0.39, 0.29) is 23.1 Å². The third-order valence-corrected chi connectivity index (χ3v) is 7.35. The average molecular weight is 447 g/mol. The Morgan fingerprint density at radius 2 is 1.80 bits per heavy atom. The first-order chi connectivity index (χ1) is 13.8. The van der Waals surface area contributed by atoms with Crippen molar-refractivity contribution >= 4 is 39.1 Å². The standard InChI is InChI=1S/C23H26N2O3S.ClH/c1-16-6-11-23-20(13-16)21-15-24(3)12-4-5-22(21)25(23)29(27,28)19-9-7-18(8-10-19)14-17(2)26;/h6-11,13H,4-5,12,14-15H2,1-3H3;1H. The second kappa shape index (κ2) is 8.53. The quantitative estimate of drug-likeness (QED) is 0.604. The molecule has 2 aromatic carbocycles. The van der Waals surface area contributed by atoms with Crippen LogP contribution in [0.4, 0.5) is 0 Å². The van der Waals surface area contributed by atoms with Crippen molar-refractivity contribution in [3.63, 3.8) is 0 Å². The van der Waals surface area contributed by atoms with Gasteiger partial charge in [0.05, 0.1) is 10.4 Å². The molecule has 3 aromatic rings. The second-order valence-corrected chi connectivity index (χ2v) is 9.87. The van der Waals surface area contributed by atoms with Gasteiger partial charge in [-0.05, 0) is 75.7 Å². The lowest BCUT2D eigenvalue weighted by molar-refractivity contribution is -0.116. The van der Waals surface area contributed by atoms with Gasteiger partial charge in [-0.2, -0.15) is 0 Å². The number of carbonyl (C=O) groups excluding carboxylic acids is 1. The van der Waals surface area contributed by atoms with Crippen LogP contribution in [0, 0.1) is 6.92 Å². The number of aromatic nitrogens is 1. The number of carbonyl (C=O) groups is 1. The van der Waals surface area contributed by atoms with Gasteiger partial charge in [-0.15, -0.1) is 12.4 Å². The van der Waals surface area contributed by atoms with Crippen molar-refractivity contribution in [2.75, 3.05) is 13.6 Å². The number of Topliss-reactive ketones (excluding diaryl/α,β-unsaturated/α-hetero) is 1. The van der Waals surface area contributed by atoms with Crippen molar-refractivity contribution in [3.8, 4) is 0 Å². The van der Waals surface area contributed by atoms with Gasteiger partial charge in [0.2, 0.25) is 0 Å². The molecule has 0 unspecified atom stereocenters. The summed E-state index contributed by atoms with van der Waals surface area (Å²) >= 11 is 0. The van der Waals surface area contributed by atoms with Crippen LogP contribution in [0.15, 0.2) is 47.4 Å². The van der Waals surface area contributed by atoms with E-state index in [0.29, 0.717) is 6.42 Å². The molecule has 0 N–H and O–H groups in total. The summed E-state index contributed by atoms with van der Waals surface area (Å²) in [5, 5.41) is 1.02. The Labute approximate surface area is 184 Å². The minimum Gasteiger partial charge on any atom is -0.302 e. The molecule has 1 aliphatic heterocycles. The van der Waals surface area contributed by atoms with Crippen LogP contribution in [0.25, 0.3) is 10.9 Å². The zero-order chi connectivity index (χ0) is 20.8. The topological polar surface area (TPSA) is 59.4 Å². The summed E-state index contributed by atoms with van der Waals surface area (Å²) < 4.78 is 28.9. The number of fused-ring (bicyclic) bond motifs is 3. The predicted molar refractivity (Wildman–Crippen MR) is 122 cm³/mol. The number of halogens is 1. The molecular formula is C23H27ClN2O3S. The summed E-state index contributed by atoms with van der Waals surface area (Å²) in [5.41, 5.74) is 4.69. The smallest absolute Gasteiger partial charge is 0.268 e. The summed E-state index contributed by atoms with van der Waals surface area (Å²) in [4.78, 5) is 13.9. The number of benzene rings is 2. The molecule has 0 atom stereocenters. The Balaban J connectivity index is 0.00000256. The highest BCUT2D eigenvalue weighted by molar-refractivity contribution is 7.90. The molecule has 1 aliphatic rings. The van der Waals surface area contributed by atoms with Crippen LogP contribution in [-0.4, -0.2) is 36.7 Å². The van der Waals surface area contributed by atoms with E-state index in [9.17, 15) is 13.2 Å². The van der Waals surface area contributed by atoms with Crippen LogP contribution >= 0.6 is 12.4 Å². The van der Waals surface area contributed by atoms with E-state index in [1.54, 1.807) is 28.2 Å². The fourth-order valence-electron chi connectivity index (χ4n) is 4.23. The lowest BCUT2D eigenvalue weighted by atomic mass is 10.1. The van der Waals surface area contributed by atoms with Crippen LogP contribution in [-0.2, 0) is 34.2 Å². The fraction of sp³-hybridized carbons (Fsp3) is 0.348. The maximum atomic E-state index is 13.7. The second-order valence-electron chi connectivity index (χ2n) is 8.08. The molecule has 5 nitrogen and oxygen atoms in total. The highest BCUT2D eigenvalue weighted by atomic mass is 35.5. The van der Waals surface area contributed by atoms with E-state index < -0.39 is 10.0 Å². The van der Waals surface area contributed by atoms with E-state index in [1.165, 1.54) is 6.92 Å². The molecule has 4 rings (SSSR count). The molecular weight excluding hydrogens is 420 g/mol. The van der Waals surface area contributed by atoms with Gasteiger partial charge in [0, 0.05) is 24.0 Å². The van der Waals surface area contributed by atoms with Crippen LogP contribution in [0.5, 0.6) is 0 Å². The van der Waals surface area contributed by atoms with Crippen molar-refractivity contribution in [1.82, 2.24) is 8.87 Å². The Morgan fingerprint density at radius 1 is 1.10 bits per heavy atom. The Morgan fingerprint density at radius 3 is 2.47 bits per heavy atom.